The van der Waals surface area contributed by atoms with Crippen molar-refractivity contribution in [3.8, 4) is 11.1 Å². The number of carbonyl (C=O) groups is 2. The smallest absolute Gasteiger partial charge is 0.251 e. The molecule has 2 amide bonds. The van der Waals surface area contributed by atoms with E-state index in [0.29, 0.717) is 11.1 Å². The number of primary amides is 1. The number of rotatable bonds is 6. The van der Waals surface area contributed by atoms with Gasteiger partial charge in [0.15, 0.2) is 0 Å². The summed E-state index contributed by atoms with van der Waals surface area (Å²) >= 11 is 0. The van der Waals surface area contributed by atoms with Crippen molar-refractivity contribution in [1.29, 1.82) is 0 Å². The van der Waals surface area contributed by atoms with E-state index in [-0.39, 0.29) is 17.5 Å². The van der Waals surface area contributed by atoms with Crippen LogP contribution in [-0.2, 0) is 0 Å². The van der Waals surface area contributed by atoms with Crippen molar-refractivity contribution in [2.75, 3.05) is 20.6 Å². The van der Waals surface area contributed by atoms with Crippen molar-refractivity contribution in [2.45, 2.75) is 13.0 Å². The predicted octanol–water partition coefficient (Wildman–Crippen LogP) is 2.27. The lowest BCUT2D eigenvalue weighted by molar-refractivity contribution is 0.0933. The number of likely N-dealkylation sites (N-methyl/N-ethyl adjacent to an activating group) is 1. The van der Waals surface area contributed by atoms with Crippen LogP contribution < -0.4 is 11.1 Å². The normalized spacial score (nSPS) is 12.0. The summed E-state index contributed by atoms with van der Waals surface area (Å²) in [5.74, 6) is -1.62. The van der Waals surface area contributed by atoms with Crippen LogP contribution in [0.5, 0.6) is 0 Å². The zero-order chi connectivity index (χ0) is 18.6. The summed E-state index contributed by atoms with van der Waals surface area (Å²) in [5.41, 5.74) is 6.97. The number of nitrogens with two attached hydrogens (primary N) is 1. The first kappa shape index (κ1) is 18.6. The van der Waals surface area contributed by atoms with Crippen molar-refractivity contribution in [2.24, 2.45) is 5.73 Å². The summed E-state index contributed by atoms with van der Waals surface area (Å²) in [6.45, 7) is 2.69. The highest BCUT2D eigenvalue weighted by Crippen LogP contribution is 2.22. The molecule has 0 radical (unpaired) electrons. The van der Waals surface area contributed by atoms with Gasteiger partial charge in [0.1, 0.15) is 5.82 Å². The largest absolute Gasteiger partial charge is 0.366 e. The molecule has 1 unspecified atom stereocenters. The van der Waals surface area contributed by atoms with Gasteiger partial charge in [-0.05, 0) is 56.4 Å². The van der Waals surface area contributed by atoms with Crippen molar-refractivity contribution in [3.63, 3.8) is 0 Å². The molecule has 6 heteroatoms. The Morgan fingerprint density at radius 2 is 1.72 bits per heavy atom. The standard InChI is InChI=1S/C19H22FN3O2/c1-12(11-23(2)3)22-19(25)14-6-4-13(5-7-14)15-8-9-17(20)16(10-15)18(21)24/h4-10,12H,11H2,1-3H3,(H2,21,24)(H,22,25). The summed E-state index contributed by atoms with van der Waals surface area (Å²) in [5, 5.41) is 2.93. The van der Waals surface area contributed by atoms with E-state index in [4.69, 9.17) is 5.73 Å². The van der Waals surface area contributed by atoms with E-state index in [1.807, 2.05) is 25.9 Å². The molecule has 5 nitrogen and oxygen atoms in total. The van der Waals surface area contributed by atoms with Crippen LogP contribution in [0.4, 0.5) is 4.39 Å². The van der Waals surface area contributed by atoms with Gasteiger partial charge in [0.25, 0.3) is 11.8 Å². The Kier molecular flexibility index (Phi) is 5.88. The third-order valence-electron chi connectivity index (χ3n) is 3.73. The van der Waals surface area contributed by atoms with Crippen LogP contribution in [0.25, 0.3) is 11.1 Å². The Hall–Kier alpha value is -2.73. The van der Waals surface area contributed by atoms with E-state index in [0.717, 1.165) is 12.1 Å². The molecule has 2 aromatic carbocycles. The van der Waals surface area contributed by atoms with Crippen LogP contribution >= 0.6 is 0 Å². The molecule has 0 aliphatic heterocycles. The molecule has 132 valence electrons. The fourth-order valence-corrected chi connectivity index (χ4v) is 2.61. The molecule has 25 heavy (non-hydrogen) atoms. The van der Waals surface area contributed by atoms with Crippen molar-refractivity contribution < 1.29 is 14.0 Å². The summed E-state index contributed by atoms with van der Waals surface area (Å²) in [4.78, 5) is 25.5. The van der Waals surface area contributed by atoms with Crippen LogP contribution in [0.15, 0.2) is 42.5 Å². The van der Waals surface area contributed by atoms with E-state index in [1.54, 1.807) is 30.3 Å². The number of carbonyl (C=O) groups excluding carboxylic acids is 2. The van der Waals surface area contributed by atoms with Crippen molar-refractivity contribution >= 4 is 11.8 Å². The molecule has 0 bridgehead atoms. The number of nitrogens with one attached hydrogen (secondary N) is 1. The van der Waals surface area contributed by atoms with Crippen molar-refractivity contribution in [1.82, 2.24) is 10.2 Å². The Labute approximate surface area is 146 Å². The summed E-state index contributed by atoms with van der Waals surface area (Å²) in [6.07, 6.45) is 0. The number of halogens is 1. The fourth-order valence-electron chi connectivity index (χ4n) is 2.61. The summed E-state index contributed by atoms with van der Waals surface area (Å²) in [7, 11) is 3.89. The lowest BCUT2D eigenvalue weighted by atomic mass is 10.0. The summed E-state index contributed by atoms with van der Waals surface area (Å²) in [6, 6.07) is 11.1. The van der Waals surface area contributed by atoms with Gasteiger partial charge in [0, 0.05) is 18.2 Å². The Morgan fingerprint density at radius 1 is 1.12 bits per heavy atom. The molecular weight excluding hydrogens is 321 g/mol. The lowest BCUT2D eigenvalue weighted by Gasteiger charge is -2.18. The van der Waals surface area contributed by atoms with Crippen LogP contribution in [0.2, 0.25) is 0 Å². The highest BCUT2D eigenvalue weighted by Gasteiger charge is 2.12. The van der Waals surface area contributed by atoms with E-state index < -0.39 is 11.7 Å². The highest BCUT2D eigenvalue weighted by molar-refractivity contribution is 5.96. The molecule has 0 heterocycles. The second kappa shape index (κ2) is 7.90. The van der Waals surface area contributed by atoms with Gasteiger partial charge >= 0.3 is 0 Å². The minimum atomic E-state index is -0.815. The molecular formula is C19H22FN3O2. The predicted molar refractivity (Wildman–Crippen MR) is 95.8 cm³/mol. The van der Waals surface area contributed by atoms with Crippen LogP contribution in [-0.4, -0.2) is 43.4 Å². The van der Waals surface area contributed by atoms with E-state index in [2.05, 4.69) is 5.32 Å². The van der Waals surface area contributed by atoms with Crippen molar-refractivity contribution in [3.05, 3.63) is 59.4 Å². The summed E-state index contributed by atoms with van der Waals surface area (Å²) < 4.78 is 13.6. The van der Waals surface area contributed by atoms with Crippen LogP contribution in [0.1, 0.15) is 27.6 Å². The zero-order valence-corrected chi connectivity index (χ0v) is 14.5. The molecule has 0 fully saturated rings. The first-order chi connectivity index (χ1) is 11.8. The number of nitrogens with zero attached hydrogens (tertiary/aromatic N) is 1. The molecule has 3 N–H and O–H groups in total. The second-order valence-corrected chi connectivity index (χ2v) is 6.27. The molecule has 0 saturated heterocycles. The Bertz CT molecular complexity index is 773. The van der Waals surface area contributed by atoms with E-state index in [1.165, 1.54) is 12.1 Å². The minimum Gasteiger partial charge on any atom is -0.366 e. The second-order valence-electron chi connectivity index (χ2n) is 6.27. The number of hydrogen-bond acceptors (Lipinski definition) is 3. The molecule has 0 aliphatic carbocycles. The molecule has 1 atom stereocenters. The Morgan fingerprint density at radius 3 is 2.28 bits per heavy atom. The maximum atomic E-state index is 13.6. The number of benzene rings is 2. The van der Waals surface area contributed by atoms with Gasteiger partial charge in [0.2, 0.25) is 0 Å². The average Bonchev–Trinajstić information content (AvgIpc) is 2.54. The maximum absolute atomic E-state index is 13.6. The minimum absolute atomic E-state index is 0.0254. The van der Waals surface area contributed by atoms with Gasteiger partial charge in [-0.1, -0.05) is 18.2 Å². The average molecular weight is 343 g/mol. The van der Waals surface area contributed by atoms with E-state index >= 15 is 0 Å². The Balaban J connectivity index is 2.16. The van der Waals surface area contributed by atoms with Crippen LogP contribution in [0, 0.1) is 5.82 Å². The van der Waals surface area contributed by atoms with E-state index in [9.17, 15) is 14.0 Å². The molecule has 2 aromatic rings. The first-order valence-corrected chi connectivity index (χ1v) is 7.93. The first-order valence-electron chi connectivity index (χ1n) is 7.93. The lowest BCUT2D eigenvalue weighted by Crippen LogP contribution is -2.39. The van der Waals surface area contributed by atoms with Gasteiger partial charge in [-0.2, -0.15) is 0 Å². The van der Waals surface area contributed by atoms with Gasteiger partial charge in [-0.15, -0.1) is 0 Å². The van der Waals surface area contributed by atoms with Crippen LogP contribution in [0.3, 0.4) is 0 Å². The van der Waals surface area contributed by atoms with Gasteiger partial charge in [0.05, 0.1) is 5.56 Å². The molecule has 0 aromatic heterocycles. The quantitative estimate of drug-likeness (QED) is 0.845. The van der Waals surface area contributed by atoms with Gasteiger partial charge < -0.3 is 16.0 Å². The third-order valence-corrected chi connectivity index (χ3v) is 3.73. The monoisotopic (exact) mass is 343 g/mol. The number of amides is 2. The van der Waals surface area contributed by atoms with Gasteiger partial charge in [-0.3, -0.25) is 9.59 Å². The highest BCUT2D eigenvalue weighted by atomic mass is 19.1. The third kappa shape index (κ3) is 4.87. The molecule has 0 aliphatic rings. The molecule has 2 rings (SSSR count). The maximum Gasteiger partial charge on any atom is 0.251 e. The molecule has 0 saturated carbocycles. The number of hydrogen-bond donors (Lipinski definition) is 2. The zero-order valence-electron chi connectivity index (χ0n) is 14.5. The molecule has 0 spiro atoms. The topological polar surface area (TPSA) is 75.4 Å². The SMILES string of the molecule is CC(CN(C)C)NC(=O)c1ccc(-c2ccc(F)c(C(N)=O)c2)cc1. The van der Waals surface area contributed by atoms with Gasteiger partial charge in [-0.25, -0.2) is 4.39 Å². The fraction of sp³-hybridized carbons (Fsp3) is 0.263.